The van der Waals surface area contributed by atoms with Crippen LogP contribution in [0.4, 0.5) is 0 Å². The molecule has 0 aromatic rings. The molecule has 2 fully saturated rings. The zero-order valence-electron chi connectivity index (χ0n) is 8.12. The standard InChI is InChI=1S/C9H14N2O3/c1-8(7(13)14)4-11(5-8)6(12)9(10)2-3-9/h2-5,10H2,1H3,(H,13,14). The average Bonchev–Trinajstić information content (AvgIpc) is 2.77. The lowest BCUT2D eigenvalue weighted by atomic mass is 9.81. The molecule has 0 aromatic heterocycles. The summed E-state index contributed by atoms with van der Waals surface area (Å²) < 4.78 is 0. The van der Waals surface area contributed by atoms with Crippen molar-refractivity contribution in [1.29, 1.82) is 0 Å². The predicted octanol–water partition coefficient (Wildman–Crippen LogP) is -0.589. The van der Waals surface area contributed by atoms with Gasteiger partial charge in [0.15, 0.2) is 0 Å². The lowest BCUT2D eigenvalue weighted by molar-refractivity contribution is -0.164. The Morgan fingerprint density at radius 2 is 1.86 bits per heavy atom. The predicted molar refractivity (Wildman–Crippen MR) is 48.5 cm³/mol. The van der Waals surface area contributed by atoms with E-state index in [1.165, 1.54) is 0 Å². The number of amides is 1. The summed E-state index contributed by atoms with van der Waals surface area (Å²) in [5.41, 5.74) is 4.30. The number of nitrogens with two attached hydrogens (primary N) is 1. The molecule has 78 valence electrons. The van der Waals surface area contributed by atoms with Gasteiger partial charge in [-0.3, -0.25) is 9.59 Å². The smallest absolute Gasteiger partial charge is 0.312 e. The molecule has 1 amide bonds. The highest BCUT2D eigenvalue weighted by molar-refractivity contribution is 5.91. The van der Waals surface area contributed by atoms with Crippen LogP contribution in [0, 0.1) is 5.41 Å². The van der Waals surface area contributed by atoms with E-state index in [-0.39, 0.29) is 5.91 Å². The molecule has 0 bridgehead atoms. The highest BCUT2D eigenvalue weighted by Crippen LogP contribution is 2.39. The quantitative estimate of drug-likeness (QED) is 0.621. The van der Waals surface area contributed by atoms with Crippen molar-refractivity contribution in [2.24, 2.45) is 11.1 Å². The van der Waals surface area contributed by atoms with Gasteiger partial charge in [-0.15, -0.1) is 0 Å². The molecule has 1 saturated heterocycles. The average molecular weight is 198 g/mol. The van der Waals surface area contributed by atoms with Crippen LogP contribution in [0.5, 0.6) is 0 Å². The summed E-state index contributed by atoms with van der Waals surface area (Å²) in [4.78, 5) is 23.9. The maximum atomic E-state index is 11.6. The van der Waals surface area contributed by atoms with Gasteiger partial charge in [0.05, 0.1) is 11.0 Å². The summed E-state index contributed by atoms with van der Waals surface area (Å²) >= 11 is 0. The number of carboxylic acids is 1. The number of carbonyl (C=O) groups is 2. The van der Waals surface area contributed by atoms with Gasteiger partial charge in [-0.05, 0) is 19.8 Å². The summed E-state index contributed by atoms with van der Waals surface area (Å²) in [6.07, 6.45) is 1.46. The van der Waals surface area contributed by atoms with E-state index in [9.17, 15) is 9.59 Å². The molecule has 5 nitrogen and oxygen atoms in total. The minimum Gasteiger partial charge on any atom is -0.481 e. The highest BCUT2D eigenvalue weighted by Gasteiger charge is 2.55. The molecule has 5 heteroatoms. The second-order valence-electron chi connectivity index (χ2n) is 4.68. The molecule has 1 saturated carbocycles. The minimum atomic E-state index is -0.844. The van der Waals surface area contributed by atoms with Crippen LogP contribution >= 0.6 is 0 Å². The molecule has 0 spiro atoms. The second kappa shape index (κ2) is 2.48. The van der Waals surface area contributed by atoms with E-state index in [0.29, 0.717) is 13.1 Å². The first-order valence-corrected chi connectivity index (χ1v) is 4.69. The van der Waals surface area contributed by atoms with Crippen molar-refractivity contribution in [3.8, 4) is 0 Å². The molecule has 0 aromatic carbocycles. The van der Waals surface area contributed by atoms with Crippen molar-refractivity contribution < 1.29 is 14.7 Å². The van der Waals surface area contributed by atoms with E-state index >= 15 is 0 Å². The van der Waals surface area contributed by atoms with Gasteiger partial charge in [0.1, 0.15) is 0 Å². The molecule has 0 radical (unpaired) electrons. The number of rotatable bonds is 2. The first-order valence-electron chi connectivity index (χ1n) is 4.69. The number of carboxylic acid groups (broad SMARTS) is 1. The van der Waals surface area contributed by atoms with Crippen LogP contribution in [0.3, 0.4) is 0 Å². The van der Waals surface area contributed by atoms with Gasteiger partial charge in [-0.1, -0.05) is 0 Å². The summed E-state index contributed by atoms with van der Waals surface area (Å²) in [6.45, 7) is 2.23. The Kier molecular flexibility index (Phi) is 1.67. The van der Waals surface area contributed by atoms with Crippen LogP contribution in [0.15, 0.2) is 0 Å². The van der Waals surface area contributed by atoms with Crippen LogP contribution in [0.1, 0.15) is 19.8 Å². The third kappa shape index (κ3) is 1.19. The van der Waals surface area contributed by atoms with Gasteiger partial charge in [0, 0.05) is 13.1 Å². The van der Waals surface area contributed by atoms with Gasteiger partial charge in [0.25, 0.3) is 0 Å². The van der Waals surface area contributed by atoms with Crippen molar-refractivity contribution in [2.75, 3.05) is 13.1 Å². The molecular formula is C9H14N2O3. The number of likely N-dealkylation sites (tertiary alicyclic amines) is 1. The van der Waals surface area contributed by atoms with E-state index < -0.39 is 16.9 Å². The number of hydrogen-bond donors (Lipinski definition) is 2. The third-order valence-electron chi connectivity index (χ3n) is 3.10. The summed E-state index contributed by atoms with van der Waals surface area (Å²) in [5, 5.41) is 8.84. The Labute approximate surface area is 81.9 Å². The maximum Gasteiger partial charge on any atom is 0.312 e. The van der Waals surface area contributed by atoms with Gasteiger partial charge >= 0.3 is 5.97 Å². The minimum absolute atomic E-state index is 0.0868. The zero-order chi connectivity index (χ0) is 10.6. The van der Waals surface area contributed by atoms with E-state index in [2.05, 4.69) is 0 Å². The largest absolute Gasteiger partial charge is 0.481 e. The van der Waals surface area contributed by atoms with Crippen molar-refractivity contribution in [1.82, 2.24) is 4.90 Å². The number of aliphatic carboxylic acids is 1. The number of carbonyl (C=O) groups excluding carboxylic acids is 1. The third-order valence-corrected chi connectivity index (χ3v) is 3.10. The summed E-state index contributed by atoms with van der Waals surface area (Å²) in [5.74, 6) is -0.931. The molecule has 2 aliphatic rings. The SMILES string of the molecule is CC1(C(=O)O)CN(C(=O)C2(N)CC2)C1. The molecule has 3 N–H and O–H groups in total. The molecule has 0 unspecified atom stereocenters. The topological polar surface area (TPSA) is 83.6 Å². The maximum absolute atomic E-state index is 11.6. The van der Waals surface area contributed by atoms with E-state index in [1.54, 1.807) is 11.8 Å². The van der Waals surface area contributed by atoms with Crippen molar-refractivity contribution >= 4 is 11.9 Å². The van der Waals surface area contributed by atoms with Crippen LogP contribution in [-0.4, -0.2) is 40.5 Å². The zero-order valence-corrected chi connectivity index (χ0v) is 8.12. The highest BCUT2D eigenvalue weighted by atomic mass is 16.4. The Bertz CT molecular complexity index is 303. The van der Waals surface area contributed by atoms with Gasteiger partial charge in [-0.25, -0.2) is 0 Å². The first-order chi connectivity index (χ1) is 6.37. The van der Waals surface area contributed by atoms with E-state index in [1.807, 2.05) is 0 Å². The van der Waals surface area contributed by atoms with Gasteiger partial charge in [0.2, 0.25) is 5.91 Å². The second-order valence-corrected chi connectivity index (χ2v) is 4.68. The normalized spacial score (nSPS) is 26.6. The molecular weight excluding hydrogens is 184 g/mol. The molecule has 1 aliphatic carbocycles. The monoisotopic (exact) mass is 198 g/mol. The molecule has 14 heavy (non-hydrogen) atoms. The van der Waals surface area contributed by atoms with Crippen LogP contribution in [0.25, 0.3) is 0 Å². The Hall–Kier alpha value is -1.10. The van der Waals surface area contributed by atoms with Crippen molar-refractivity contribution in [3.63, 3.8) is 0 Å². The molecule has 1 aliphatic heterocycles. The van der Waals surface area contributed by atoms with Crippen LogP contribution < -0.4 is 5.73 Å². The van der Waals surface area contributed by atoms with Gasteiger partial charge < -0.3 is 15.7 Å². The van der Waals surface area contributed by atoms with Gasteiger partial charge in [-0.2, -0.15) is 0 Å². The summed E-state index contributed by atoms with van der Waals surface area (Å²) in [6, 6.07) is 0. The van der Waals surface area contributed by atoms with Crippen LogP contribution in [-0.2, 0) is 9.59 Å². The van der Waals surface area contributed by atoms with E-state index in [0.717, 1.165) is 12.8 Å². The Balaban J connectivity index is 1.94. The number of nitrogens with zero attached hydrogens (tertiary/aromatic N) is 1. The first kappa shape index (κ1) is 9.45. The van der Waals surface area contributed by atoms with Crippen molar-refractivity contribution in [2.45, 2.75) is 25.3 Å². The Morgan fingerprint density at radius 3 is 2.21 bits per heavy atom. The number of hydrogen-bond acceptors (Lipinski definition) is 3. The fourth-order valence-corrected chi connectivity index (χ4v) is 1.74. The molecule has 2 rings (SSSR count). The fourth-order valence-electron chi connectivity index (χ4n) is 1.74. The molecule has 1 heterocycles. The molecule has 0 atom stereocenters. The Morgan fingerprint density at radius 1 is 1.36 bits per heavy atom. The summed E-state index contributed by atoms with van der Waals surface area (Å²) in [7, 11) is 0. The van der Waals surface area contributed by atoms with Crippen LogP contribution in [0.2, 0.25) is 0 Å². The lowest BCUT2D eigenvalue weighted by Gasteiger charge is -2.45. The lowest BCUT2D eigenvalue weighted by Crippen LogP contribution is -2.63. The van der Waals surface area contributed by atoms with E-state index in [4.69, 9.17) is 10.8 Å². The van der Waals surface area contributed by atoms with Crippen molar-refractivity contribution in [3.05, 3.63) is 0 Å². The fraction of sp³-hybridized carbons (Fsp3) is 0.778.